The Kier molecular flexibility index (Phi) is 5.74. The molecule has 0 spiro atoms. The van der Waals surface area contributed by atoms with E-state index in [4.69, 9.17) is 10.00 Å². The van der Waals surface area contributed by atoms with Gasteiger partial charge in [0.1, 0.15) is 23.2 Å². The Bertz CT molecular complexity index is 1110. The summed E-state index contributed by atoms with van der Waals surface area (Å²) < 4.78 is 5.65. The van der Waals surface area contributed by atoms with Crippen LogP contribution in [0.4, 0.5) is 10.7 Å². The van der Waals surface area contributed by atoms with Gasteiger partial charge in [-0.25, -0.2) is 4.79 Å². The number of hydrogen-bond donors (Lipinski definition) is 1. The Hall–Kier alpha value is -3.52. The maximum Gasteiger partial charge on any atom is 0.341 e. The molecule has 0 unspecified atom stereocenters. The average molecular weight is 416 g/mol. The molecule has 0 fully saturated rings. The van der Waals surface area contributed by atoms with Crippen LogP contribution in [0, 0.1) is 21.4 Å². The smallest absolute Gasteiger partial charge is 0.341 e. The Morgan fingerprint density at radius 2 is 2.14 bits per heavy atom. The number of anilines is 1. The van der Waals surface area contributed by atoms with Crippen LogP contribution in [0.3, 0.4) is 0 Å². The highest BCUT2D eigenvalue weighted by molar-refractivity contribution is 7.17. The van der Waals surface area contributed by atoms with Gasteiger partial charge < -0.3 is 10.1 Å². The lowest BCUT2D eigenvalue weighted by molar-refractivity contribution is -0.385. The van der Waals surface area contributed by atoms with Crippen molar-refractivity contribution in [2.75, 3.05) is 12.4 Å². The molecule has 0 aliphatic heterocycles. The Morgan fingerprint density at radius 1 is 1.41 bits per heavy atom. The number of esters is 1. The van der Waals surface area contributed by atoms with E-state index in [9.17, 15) is 24.5 Å². The first-order chi connectivity index (χ1) is 13.8. The number of aromatic nitrogens is 1. The fourth-order valence-corrected chi connectivity index (χ4v) is 4.50. The lowest BCUT2D eigenvalue weighted by Crippen LogP contribution is -2.29. The molecule has 11 heteroatoms. The Morgan fingerprint density at radius 3 is 2.79 bits per heavy atom. The number of fused-ring (bicyclic) bond motifs is 1. The van der Waals surface area contributed by atoms with Gasteiger partial charge in [-0.2, -0.15) is 5.26 Å². The molecule has 2 aromatic heterocycles. The number of nitro groups is 1. The van der Waals surface area contributed by atoms with E-state index in [2.05, 4.69) is 5.32 Å². The van der Waals surface area contributed by atoms with Gasteiger partial charge in [-0.15, -0.1) is 11.3 Å². The van der Waals surface area contributed by atoms with E-state index in [1.165, 1.54) is 18.4 Å². The summed E-state index contributed by atoms with van der Waals surface area (Å²) in [5, 5.41) is 22.9. The number of nitrogens with zero attached hydrogens (tertiary/aromatic N) is 3. The van der Waals surface area contributed by atoms with Gasteiger partial charge in [-0.3, -0.25) is 24.3 Å². The normalized spacial score (nSPS) is 12.6. The highest BCUT2D eigenvalue weighted by atomic mass is 32.1. The molecule has 0 atom stereocenters. The monoisotopic (exact) mass is 416 g/mol. The second kappa shape index (κ2) is 8.24. The molecule has 10 nitrogen and oxygen atoms in total. The molecule has 2 aromatic rings. The second-order valence-corrected chi connectivity index (χ2v) is 7.47. The van der Waals surface area contributed by atoms with Crippen molar-refractivity contribution in [2.24, 2.45) is 0 Å². The highest BCUT2D eigenvalue weighted by Gasteiger charge is 2.27. The molecule has 1 amide bonds. The predicted octanol–water partition coefficient (Wildman–Crippen LogP) is 1.99. The molecule has 0 radical (unpaired) electrons. The van der Waals surface area contributed by atoms with E-state index in [0.29, 0.717) is 17.0 Å². The SMILES string of the molecule is COC(=O)c1c(NC(=O)Cn2cc([N+](=O)[O-])cc(C#N)c2=O)sc2c1CCCC2. The van der Waals surface area contributed by atoms with Gasteiger partial charge in [0.25, 0.3) is 11.2 Å². The van der Waals surface area contributed by atoms with Crippen molar-refractivity contribution in [2.45, 2.75) is 32.2 Å². The van der Waals surface area contributed by atoms with Gasteiger partial charge in [-0.1, -0.05) is 0 Å². The number of pyridine rings is 1. The van der Waals surface area contributed by atoms with Crippen LogP contribution in [-0.2, 0) is 28.9 Å². The van der Waals surface area contributed by atoms with Gasteiger partial charge in [0.05, 0.1) is 23.8 Å². The number of carbonyl (C=O) groups excluding carboxylic acids is 2. The van der Waals surface area contributed by atoms with Crippen LogP contribution in [0.25, 0.3) is 0 Å². The number of hydrogen-bond acceptors (Lipinski definition) is 8. The van der Waals surface area contributed by atoms with Gasteiger partial charge in [0.2, 0.25) is 5.91 Å². The minimum atomic E-state index is -0.813. The number of nitriles is 1. The highest BCUT2D eigenvalue weighted by Crippen LogP contribution is 2.38. The summed E-state index contributed by atoms with van der Waals surface area (Å²) >= 11 is 1.28. The van der Waals surface area contributed by atoms with Crippen LogP contribution in [0.15, 0.2) is 17.1 Å². The largest absolute Gasteiger partial charge is 0.465 e. The van der Waals surface area contributed by atoms with E-state index < -0.39 is 40.2 Å². The first-order valence-electron chi connectivity index (χ1n) is 8.67. The van der Waals surface area contributed by atoms with Crippen molar-refractivity contribution in [3.63, 3.8) is 0 Å². The predicted molar refractivity (Wildman–Crippen MR) is 103 cm³/mol. The van der Waals surface area contributed by atoms with Gasteiger partial charge in [0.15, 0.2) is 0 Å². The van der Waals surface area contributed by atoms with Crippen LogP contribution in [-0.4, -0.2) is 28.5 Å². The number of thiophene rings is 1. The minimum absolute atomic E-state index is 0.310. The molecule has 150 valence electrons. The van der Waals surface area contributed by atoms with Crippen molar-refractivity contribution in [3.8, 4) is 6.07 Å². The number of rotatable bonds is 5. The number of carbonyl (C=O) groups is 2. The van der Waals surface area contributed by atoms with Crippen molar-refractivity contribution >= 4 is 33.9 Å². The van der Waals surface area contributed by atoms with Gasteiger partial charge >= 0.3 is 5.97 Å². The fraction of sp³-hybridized carbons (Fsp3) is 0.333. The first-order valence-corrected chi connectivity index (χ1v) is 9.49. The third-order valence-electron chi connectivity index (χ3n) is 4.53. The summed E-state index contributed by atoms with van der Waals surface area (Å²) in [4.78, 5) is 48.2. The molecule has 2 heterocycles. The summed E-state index contributed by atoms with van der Waals surface area (Å²) in [5.74, 6) is -1.21. The minimum Gasteiger partial charge on any atom is -0.465 e. The summed E-state index contributed by atoms with van der Waals surface area (Å²) in [6.45, 7) is -0.543. The van der Waals surface area contributed by atoms with Crippen molar-refractivity contribution in [1.29, 1.82) is 5.26 Å². The quantitative estimate of drug-likeness (QED) is 0.446. The number of aryl methyl sites for hydroxylation is 1. The number of amides is 1. The zero-order valence-electron chi connectivity index (χ0n) is 15.4. The summed E-state index contributed by atoms with van der Waals surface area (Å²) in [7, 11) is 1.26. The van der Waals surface area contributed by atoms with Crippen LogP contribution in [0.1, 0.15) is 39.2 Å². The molecular formula is C18H16N4O6S. The Labute approximate surface area is 168 Å². The molecule has 0 aromatic carbocycles. The lowest BCUT2D eigenvalue weighted by atomic mass is 9.95. The second-order valence-electron chi connectivity index (χ2n) is 6.37. The van der Waals surface area contributed by atoms with Crippen LogP contribution in [0.5, 0.6) is 0 Å². The third-order valence-corrected chi connectivity index (χ3v) is 5.74. The summed E-state index contributed by atoms with van der Waals surface area (Å²) in [6.07, 6.45) is 4.34. The third kappa shape index (κ3) is 4.02. The van der Waals surface area contributed by atoms with Crippen LogP contribution >= 0.6 is 11.3 Å². The van der Waals surface area contributed by atoms with E-state index in [-0.39, 0.29) is 0 Å². The molecule has 3 rings (SSSR count). The summed E-state index contributed by atoms with van der Waals surface area (Å²) in [5.41, 5.74) is -0.552. The lowest BCUT2D eigenvalue weighted by Gasteiger charge is -2.12. The van der Waals surface area contributed by atoms with E-state index in [1.54, 1.807) is 6.07 Å². The number of nitrogens with one attached hydrogen (secondary N) is 1. The first kappa shape index (κ1) is 20.2. The number of methoxy groups -OCH3 is 1. The van der Waals surface area contributed by atoms with E-state index >= 15 is 0 Å². The Balaban J connectivity index is 1.91. The molecule has 0 bridgehead atoms. The van der Waals surface area contributed by atoms with Gasteiger partial charge in [-0.05, 0) is 31.2 Å². The molecule has 1 aliphatic carbocycles. The topological polar surface area (TPSA) is 144 Å². The standard InChI is InChI=1S/C18H16N4O6S/c1-28-18(25)15-12-4-2-3-5-13(12)29-16(15)20-14(23)9-21-8-11(22(26)27)6-10(7-19)17(21)24/h6,8H,2-5,9H2,1H3,(H,20,23). The average Bonchev–Trinajstić information content (AvgIpc) is 3.06. The summed E-state index contributed by atoms with van der Waals surface area (Å²) in [6, 6.07) is 2.45. The van der Waals surface area contributed by atoms with Crippen molar-refractivity contribution in [1.82, 2.24) is 4.57 Å². The molecule has 29 heavy (non-hydrogen) atoms. The molecule has 1 N–H and O–H groups in total. The molecule has 0 saturated carbocycles. The molecule has 1 aliphatic rings. The maximum atomic E-state index is 12.5. The van der Waals surface area contributed by atoms with Crippen molar-refractivity contribution in [3.05, 3.63) is 54.3 Å². The van der Waals surface area contributed by atoms with E-state index in [0.717, 1.165) is 46.5 Å². The van der Waals surface area contributed by atoms with Gasteiger partial charge in [0, 0.05) is 10.9 Å². The zero-order chi connectivity index (χ0) is 21.1. The maximum absolute atomic E-state index is 12.5. The van der Waals surface area contributed by atoms with E-state index in [1.807, 2.05) is 0 Å². The zero-order valence-corrected chi connectivity index (χ0v) is 16.2. The molecular weight excluding hydrogens is 400 g/mol. The molecule has 0 saturated heterocycles. The van der Waals surface area contributed by atoms with Crippen LogP contribution in [0.2, 0.25) is 0 Å². The number of ether oxygens (including phenoxy) is 1. The van der Waals surface area contributed by atoms with Crippen LogP contribution < -0.4 is 10.9 Å². The van der Waals surface area contributed by atoms with Crippen molar-refractivity contribution < 1.29 is 19.2 Å². The fourth-order valence-electron chi connectivity index (χ4n) is 3.21.